The molecule has 0 unspecified atom stereocenters. The van der Waals surface area contributed by atoms with Crippen molar-refractivity contribution in [3.05, 3.63) is 9.67 Å². The maximum absolute atomic E-state index is 10.8. The zero-order chi connectivity index (χ0) is 8.39. The van der Waals surface area contributed by atoms with Crippen LogP contribution in [-0.4, -0.2) is 36.4 Å². The molecule has 2 rings (SSSR count). The van der Waals surface area contributed by atoms with Gasteiger partial charge in [-0.15, -0.1) is 17.5 Å². The highest BCUT2D eigenvalue weighted by atomic mass is 35.5. The van der Waals surface area contributed by atoms with Crippen LogP contribution in [0.3, 0.4) is 0 Å². The van der Waals surface area contributed by atoms with Crippen LogP contribution in [0.25, 0.3) is 0 Å². The molecule has 74 valence electrons. The molecule has 1 fully saturated rings. The first-order valence-electron chi connectivity index (χ1n) is 3.87. The smallest absolute Gasteiger partial charge is 0.324 e. The van der Waals surface area contributed by atoms with Gasteiger partial charge in [0.15, 0.2) is 0 Å². The van der Waals surface area contributed by atoms with Crippen LogP contribution in [0.1, 0.15) is 0 Å². The SMILES string of the molecule is Cl.O=c1[nH]nc(N2CCNCC2)s1. The number of halogens is 1. The van der Waals surface area contributed by atoms with E-state index in [4.69, 9.17) is 0 Å². The lowest BCUT2D eigenvalue weighted by atomic mass is 10.4. The van der Waals surface area contributed by atoms with Crippen molar-refractivity contribution in [3.8, 4) is 0 Å². The van der Waals surface area contributed by atoms with Gasteiger partial charge in [-0.3, -0.25) is 4.79 Å². The van der Waals surface area contributed by atoms with Crippen molar-refractivity contribution in [3.63, 3.8) is 0 Å². The molecule has 0 saturated carbocycles. The molecular formula is C6H11ClN4OS. The summed E-state index contributed by atoms with van der Waals surface area (Å²) in [5, 5.41) is 10.4. The number of anilines is 1. The molecule has 0 spiro atoms. The Hall–Kier alpha value is -0.590. The highest BCUT2D eigenvalue weighted by molar-refractivity contribution is 7.12. The number of aromatic nitrogens is 2. The molecule has 0 bridgehead atoms. The second kappa shape index (κ2) is 4.59. The molecule has 1 aromatic heterocycles. The second-order valence-electron chi connectivity index (χ2n) is 2.63. The molecular weight excluding hydrogens is 212 g/mol. The maximum Gasteiger partial charge on any atom is 0.324 e. The lowest BCUT2D eigenvalue weighted by Crippen LogP contribution is -2.43. The number of aromatic amines is 1. The zero-order valence-corrected chi connectivity index (χ0v) is 8.58. The molecule has 1 saturated heterocycles. The van der Waals surface area contributed by atoms with Crippen LogP contribution in [0.2, 0.25) is 0 Å². The van der Waals surface area contributed by atoms with Crippen molar-refractivity contribution in [2.45, 2.75) is 0 Å². The van der Waals surface area contributed by atoms with Crippen LogP contribution >= 0.6 is 23.7 Å². The largest absolute Gasteiger partial charge is 0.344 e. The fraction of sp³-hybridized carbons (Fsp3) is 0.667. The number of rotatable bonds is 1. The van der Waals surface area contributed by atoms with Crippen LogP contribution in [0, 0.1) is 0 Å². The molecule has 0 aliphatic carbocycles. The summed E-state index contributed by atoms with van der Waals surface area (Å²) < 4.78 is 0. The summed E-state index contributed by atoms with van der Waals surface area (Å²) in [5.41, 5.74) is 0. The van der Waals surface area contributed by atoms with Crippen molar-refractivity contribution in [1.82, 2.24) is 15.5 Å². The summed E-state index contributed by atoms with van der Waals surface area (Å²) in [6.07, 6.45) is 0. The van der Waals surface area contributed by atoms with Crippen molar-refractivity contribution < 1.29 is 0 Å². The number of nitrogens with zero attached hydrogens (tertiary/aromatic N) is 2. The number of hydrogen-bond acceptors (Lipinski definition) is 5. The van der Waals surface area contributed by atoms with Crippen LogP contribution in [0.5, 0.6) is 0 Å². The van der Waals surface area contributed by atoms with E-state index in [-0.39, 0.29) is 17.3 Å². The van der Waals surface area contributed by atoms with Crippen molar-refractivity contribution in [1.29, 1.82) is 0 Å². The highest BCUT2D eigenvalue weighted by Gasteiger charge is 2.13. The molecule has 0 radical (unpaired) electrons. The van der Waals surface area contributed by atoms with E-state index in [1.54, 1.807) is 0 Å². The topological polar surface area (TPSA) is 61.0 Å². The molecule has 0 amide bonds. The van der Waals surface area contributed by atoms with E-state index in [9.17, 15) is 4.79 Å². The maximum atomic E-state index is 10.8. The van der Waals surface area contributed by atoms with Gasteiger partial charge in [-0.1, -0.05) is 0 Å². The van der Waals surface area contributed by atoms with Gasteiger partial charge in [0.05, 0.1) is 0 Å². The fourth-order valence-corrected chi connectivity index (χ4v) is 1.87. The molecule has 2 N–H and O–H groups in total. The summed E-state index contributed by atoms with van der Waals surface area (Å²) in [4.78, 5) is 12.8. The predicted molar refractivity (Wildman–Crippen MR) is 55.1 cm³/mol. The Labute approximate surface area is 85.6 Å². The van der Waals surface area contributed by atoms with E-state index in [1.807, 2.05) is 0 Å². The lowest BCUT2D eigenvalue weighted by molar-refractivity contribution is 0.587. The average molecular weight is 223 g/mol. The van der Waals surface area contributed by atoms with E-state index in [1.165, 1.54) is 11.3 Å². The quantitative estimate of drug-likeness (QED) is 0.683. The Morgan fingerprint density at radius 2 is 2.08 bits per heavy atom. The first-order chi connectivity index (χ1) is 5.86. The highest BCUT2D eigenvalue weighted by Crippen LogP contribution is 2.11. The van der Waals surface area contributed by atoms with Gasteiger partial charge >= 0.3 is 4.87 Å². The minimum Gasteiger partial charge on any atom is -0.344 e. The monoisotopic (exact) mass is 222 g/mol. The van der Waals surface area contributed by atoms with E-state index >= 15 is 0 Å². The van der Waals surface area contributed by atoms with Crippen molar-refractivity contribution >= 4 is 28.9 Å². The number of nitrogens with one attached hydrogen (secondary N) is 2. The Morgan fingerprint density at radius 1 is 1.38 bits per heavy atom. The summed E-state index contributed by atoms with van der Waals surface area (Å²) in [7, 11) is 0. The number of hydrogen-bond donors (Lipinski definition) is 2. The summed E-state index contributed by atoms with van der Waals surface area (Å²) in [5.74, 6) is 0. The molecule has 1 aromatic rings. The van der Waals surface area contributed by atoms with Crippen LogP contribution in [0.15, 0.2) is 4.79 Å². The minimum absolute atomic E-state index is 0. The second-order valence-corrected chi connectivity index (χ2v) is 3.57. The summed E-state index contributed by atoms with van der Waals surface area (Å²) in [6, 6.07) is 0. The number of piperazine rings is 1. The van der Waals surface area contributed by atoms with Gasteiger partial charge in [0.2, 0.25) is 5.13 Å². The van der Waals surface area contributed by atoms with Crippen LogP contribution in [-0.2, 0) is 0 Å². The summed E-state index contributed by atoms with van der Waals surface area (Å²) in [6.45, 7) is 3.79. The van der Waals surface area contributed by atoms with Gasteiger partial charge in [0.1, 0.15) is 0 Å². The Bertz CT molecular complexity index is 306. The number of H-pyrrole nitrogens is 1. The van der Waals surface area contributed by atoms with Gasteiger partial charge in [-0.25, -0.2) is 5.10 Å². The Balaban J connectivity index is 0.000000845. The Morgan fingerprint density at radius 3 is 2.62 bits per heavy atom. The van der Waals surface area contributed by atoms with Gasteiger partial charge in [0, 0.05) is 26.2 Å². The normalized spacial score (nSPS) is 16.8. The third-order valence-corrected chi connectivity index (χ3v) is 2.62. The summed E-state index contributed by atoms with van der Waals surface area (Å²) >= 11 is 1.17. The van der Waals surface area contributed by atoms with Crippen LogP contribution < -0.4 is 15.1 Å². The molecule has 0 aromatic carbocycles. The molecule has 1 aliphatic rings. The minimum atomic E-state index is -0.0801. The average Bonchev–Trinajstić information content (AvgIpc) is 2.54. The van der Waals surface area contributed by atoms with Gasteiger partial charge < -0.3 is 10.2 Å². The van der Waals surface area contributed by atoms with Crippen molar-refractivity contribution in [2.24, 2.45) is 0 Å². The lowest BCUT2D eigenvalue weighted by Gasteiger charge is -2.25. The van der Waals surface area contributed by atoms with Crippen LogP contribution in [0.4, 0.5) is 5.13 Å². The molecule has 13 heavy (non-hydrogen) atoms. The van der Waals surface area contributed by atoms with E-state index in [0.717, 1.165) is 31.3 Å². The van der Waals surface area contributed by atoms with Crippen molar-refractivity contribution in [2.75, 3.05) is 31.1 Å². The molecule has 1 aliphatic heterocycles. The molecule has 0 atom stereocenters. The predicted octanol–water partition coefficient (Wildman–Crippen LogP) is -0.337. The third kappa shape index (κ3) is 2.43. The van der Waals surface area contributed by atoms with Gasteiger partial charge in [0.25, 0.3) is 0 Å². The Kier molecular flexibility index (Phi) is 3.71. The van der Waals surface area contributed by atoms with E-state index in [0.29, 0.717) is 0 Å². The zero-order valence-electron chi connectivity index (χ0n) is 6.95. The standard InChI is InChI=1S/C6H10N4OS.ClH/c11-6-9-8-5(12-6)10-3-1-7-2-4-10;/h7H,1-4H2,(H,9,11);1H. The molecule has 2 heterocycles. The third-order valence-electron chi connectivity index (χ3n) is 1.81. The fourth-order valence-electron chi connectivity index (χ4n) is 1.21. The molecule has 5 nitrogen and oxygen atoms in total. The first-order valence-corrected chi connectivity index (χ1v) is 4.69. The van der Waals surface area contributed by atoms with E-state index in [2.05, 4.69) is 20.4 Å². The van der Waals surface area contributed by atoms with Gasteiger partial charge in [-0.05, 0) is 11.3 Å². The van der Waals surface area contributed by atoms with Gasteiger partial charge in [-0.2, -0.15) is 0 Å². The molecule has 7 heteroatoms. The van der Waals surface area contributed by atoms with E-state index < -0.39 is 0 Å². The first kappa shape index (κ1) is 10.5.